The van der Waals surface area contributed by atoms with Crippen LogP contribution < -0.4 is 0 Å². The van der Waals surface area contributed by atoms with Crippen LogP contribution >= 0.6 is 15.9 Å². The number of phenols is 1. The van der Waals surface area contributed by atoms with Crippen molar-refractivity contribution >= 4 is 22.7 Å². The average molecular weight is 345 g/mol. The van der Waals surface area contributed by atoms with Crippen LogP contribution in [0, 0.1) is 0 Å². The Kier molecular flexibility index (Phi) is 11.4. The zero-order valence-corrected chi connectivity index (χ0v) is 13.7. The third kappa shape index (κ3) is 7.65. The van der Waals surface area contributed by atoms with Gasteiger partial charge in [-0.15, -0.1) is 0 Å². The third-order valence-corrected chi connectivity index (χ3v) is 3.66. The lowest BCUT2D eigenvalue weighted by molar-refractivity contribution is -0.0979. The quantitative estimate of drug-likeness (QED) is 0.539. The minimum Gasteiger partial charge on any atom is -0.508 e. The first-order chi connectivity index (χ1) is 9.65. The van der Waals surface area contributed by atoms with Gasteiger partial charge in [-0.1, -0.05) is 61.0 Å². The smallest absolute Gasteiger partial charge is 0.137 e. The number of carbonyl (C=O) groups excluding carboxylic acids is 1. The standard InChI is InChI=1S/C15H23BrO2.CH2O/c1-2-3-4-5-6-7-8-12-9-10-14(17)13(11-12)15(16)18;1-2/h9-11,15,17-18H,2-8H2,1H3;1H2. The molecule has 0 aliphatic rings. The van der Waals surface area contributed by atoms with Crippen LogP contribution in [-0.2, 0) is 11.2 Å². The molecule has 0 amide bonds. The molecule has 0 aromatic heterocycles. The molecule has 1 unspecified atom stereocenters. The first kappa shape index (κ1) is 19.1. The molecule has 0 saturated carbocycles. The van der Waals surface area contributed by atoms with Crippen LogP contribution in [0.4, 0.5) is 0 Å². The third-order valence-electron chi connectivity index (χ3n) is 3.17. The number of phenolic OH excluding ortho intramolecular Hbond substituents is 1. The summed E-state index contributed by atoms with van der Waals surface area (Å²) in [5.41, 5.74) is 1.73. The normalized spacial score (nSPS) is 11.6. The summed E-state index contributed by atoms with van der Waals surface area (Å²) in [6.07, 6.45) is 8.69. The molecule has 114 valence electrons. The Morgan fingerprint density at radius 1 is 1.15 bits per heavy atom. The Hall–Kier alpha value is -0.870. The number of halogens is 1. The van der Waals surface area contributed by atoms with Gasteiger partial charge in [0.15, 0.2) is 0 Å². The Bertz CT molecular complexity index is 367. The zero-order valence-electron chi connectivity index (χ0n) is 12.1. The topological polar surface area (TPSA) is 57.5 Å². The molecule has 0 bridgehead atoms. The summed E-state index contributed by atoms with van der Waals surface area (Å²) in [7, 11) is 0. The van der Waals surface area contributed by atoms with E-state index in [9.17, 15) is 10.2 Å². The molecule has 0 fully saturated rings. The van der Waals surface area contributed by atoms with Gasteiger partial charge in [0, 0.05) is 5.56 Å². The maximum atomic E-state index is 9.58. The van der Waals surface area contributed by atoms with Crippen molar-refractivity contribution in [3.63, 3.8) is 0 Å². The van der Waals surface area contributed by atoms with Crippen LogP contribution in [0.3, 0.4) is 0 Å². The van der Waals surface area contributed by atoms with Gasteiger partial charge in [0.1, 0.15) is 17.6 Å². The summed E-state index contributed by atoms with van der Waals surface area (Å²) in [5.74, 6) is 0.145. The zero-order chi connectivity index (χ0) is 15.4. The molecule has 0 aliphatic heterocycles. The van der Waals surface area contributed by atoms with Gasteiger partial charge < -0.3 is 15.0 Å². The highest BCUT2D eigenvalue weighted by molar-refractivity contribution is 9.09. The number of carbonyl (C=O) groups is 1. The van der Waals surface area contributed by atoms with Crippen LogP contribution in [0.15, 0.2) is 18.2 Å². The first-order valence-electron chi connectivity index (χ1n) is 7.08. The molecule has 2 N–H and O–H groups in total. The Labute approximate surface area is 130 Å². The van der Waals surface area contributed by atoms with Crippen molar-refractivity contribution in [2.45, 2.75) is 56.9 Å². The molecule has 0 radical (unpaired) electrons. The first-order valence-corrected chi connectivity index (χ1v) is 7.99. The molecule has 0 heterocycles. The van der Waals surface area contributed by atoms with Gasteiger partial charge in [0.25, 0.3) is 0 Å². The Morgan fingerprint density at radius 3 is 2.35 bits per heavy atom. The van der Waals surface area contributed by atoms with E-state index < -0.39 is 5.01 Å². The summed E-state index contributed by atoms with van der Waals surface area (Å²) < 4.78 is 0. The SMILES string of the molecule is C=O.CCCCCCCCc1ccc(O)c(C(O)Br)c1. The number of aliphatic hydroxyl groups is 1. The van der Waals surface area contributed by atoms with Crippen molar-refractivity contribution in [2.24, 2.45) is 0 Å². The van der Waals surface area contributed by atoms with Crippen LogP contribution in [-0.4, -0.2) is 17.0 Å². The average Bonchev–Trinajstić information content (AvgIpc) is 2.46. The van der Waals surface area contributed by atoms with E-state index >= 15 is 0 Å². The van der Waals surface area contributed by atoms with Gasteiger partial charge in [0.2, 0.25) is 0 Å². The fraction of sp³-hybridized carbons (Fsp3) is 0.562. The van der Waals surface area contributed by atoms with Gasteiger partial charge >= 0.3 is 0 Å². The molecular formula is C16H25BrO3. The minimum absolute atomic E-state index is 0.145. The number of unbranched alkanes of at least 4 members (excludes halogenated alkanes) is 5. The number of aryl methyl sites for hydroxylation is 1. The van der Waals surface area contributed by atoms with E-state index in [4.69, 9.17) is 4.79 Å². The lowest BCUT2D eigenvalue weighted by Gasteiger charge is -2.09. The van der Waals surface area contributed by atoms with E-state index in [0.29, 0.717) is 5.56 Å². The second kappa shape index (κ2) is 11.9. The van der Waals surface area contributed by atoms with Crippen molar-refractivity contribution in [3.05, 3.63) is 29.3 Å². The minimum atomic E-state index is -0.790. The van der Waals surface area contributed by atoms with Crippen molar-refractivity contribution in [2.75, 3.05) is 0 Å². The van der Waals surface area contributed by atoms with Crippen molar-refractivity contribution < 1.29 is 15.0 Å². The number of benzene rings is 1. The second-order valence-corrected chi connectivity index (χ2v) is 5.61. The van der Waals surface area contributed by atoms with Crippen molar-refractivity contribution in [1.29, 1.82) is 0 Å². The lowest BCUT2D eigenvalue weighted by atomic mass is 10.0. The van der Waals surface area contributed by atoms with Crippen LogP contribution in [0.25, 0.3) is 0 Å². The summed E-state index contributed by atoms with van der Waals surface area (Å²) in [5, 5.41) is 18.2. The van der Waals surface area contributed by atoms with E-state index in [1.807, 2.05) is 18.9 Å². The predicted octanol–water partition coefficient (Wildman–Crippen LogP) is 4.50. The summed E-state index contributed by atoms with van der Waals surface area (Å²) in [4.78, 5) is 8.00. The Morgan fingerprint density at radius 2 is 1.75 bits per heavy atom. The monoisotopic (exact) mass is 344 g/mol. The van der Waals surface area contributed by atoms with E-state index in [-0.39, 0.29) is 5.75 Å². The maximum absolute atomic E-state index is 9.58. The second-order valence-electron chi connectivity index (χ2n) is 4.75. The summed E-state index contributed by atoms with van der Waals surface area (Å²) in [6.45, 7) is 4.23. The predicted molar refractivity (Wildman–Crippen MR) is 86.2 cm³/mol. The summed E-state index contributed by atoms with van der Waals surface area (Å²) >= 11 is 3.07. The van der Waals surface area contributed by atoms with Gasteiger partial charge in [-0.3, -0.25) is 0 Å². The largest absolute Gasteiger partial charge is 0.508 e. The molecular weight excluding hydrogens is 320 g/mol. The molecule has 0 saturated heterocycles. The molecule has 0 aliphatic carbocycles. The molecule has 4 heteroatoms. The molecule has 1 atom stereocenters. The maximum Gasteiger partial charge on any atom is 0.137 e. The highest BCUT2D eigenvalue weighted by Crippen LogP contribution is 2.29. The van der Waals surface area contributed by atoms with Crippen molar-refractivity contribution in [1.82, 2.24) is 0 Å². The number of hydrogen-bond acceptors (Lipinski definition) is 3. The van der Waals surface area contributed by atoms with E-state index in [1.54, 1.807) is 6.07 Å². The number of aliphatic hydroxyl groups excluding tert-OH is 1. The van der Waals surface area contributed by atoms with Crippen LogP contribution in [0.2, 0.25) is 0 Å². The molecule has 0 spiro atoms. The van der Waals surface area contributed by atoms with Crippen LogP contribution in [0.1, 0.15) is 61.6 Å². The van der Waals surface area contributed by atoms with E-state index in [1.165, 1.54) is 44.1 Å². The van der Waals surface area contributed by atoms with Crippen LogP contribution in [0.5, 0.6) is 5.75 Å². The summed E-state index contributed by atoms with van der Waals surface area (Å²) in [6, 6.07) is 5.47. The molecule has 20 heavy (non-hydrogen) atoms. The highest BCUT2D eigenvalue weighted by Gasteiger charge is 2.09. The van der Waals surface area contributed by atoms with Gasteiger partial charge in [-0.05, 0) is 30.5 Å². The van der Waals surface area contributed by atoms with E-state index in [2.05, 4.69) is 22.9 Å². The molecule has 1 aromatic carbocycles. The Balaban J connectivity index is 0.00000172. The van der Waals surface area contributed by atoms with E-state index in [0.717, 1.165) is 6.42 Å². The number of hydrogen-bond donors (Lipinski definition) is 2. The number of rotatable bonds is 8. The number of aromatic hydroxyl groups is 1. The van der Waals surface area contributed by atoms with Gasteiger partial charge in [0.05, 0.1) is 0 Å². The lowest BCUT2D eigenvalue weighted by Crippen LogP contribution is -1.92. The van der Waals surface area contributed by atoms with Gasteiger partial charge in [-0.25, -0.2) is 0 Å². The highest BCUT2D eigenvalue weighted by atomic mass is 79.9. The molecule has 1 aromatic rings. The molecule has 3 nitrogen and oxygen atoms in total. The fourth-order valence-corrected chi connectivity index (χ4v) is 2.43. The van der Waals surface area contributed by atoms with Crippen molar-refractivity contribution in [3.8, 4) is 5.75 Å². The number of alkyl halides is 1. The molecule has 1 rings (SSSR count). The fourth-order valence-electron chi connectivity index (χ4n) is 2.06. The van der Waals surface area contributed by atoms with Gasteiger partial charge in [-0.2, -0.15) is 0 Å².